The molecule has 0 radical (unpaired) electrons. The first-order valence-electron chi connectivity index (χ1n) is 4.74. The molecule has 2 rings (SSSR count). The maximum Gasteiger partial charge on any atom is 0.0742 e. The third-order valence-corrected chi connectivity index (χ3v) is 3.47. The summed E-state index contributed by atoms with van der Waals surface area (Å²) in [5, 5.41) is 3.83. The fourth-order valence-electron chi connectivity index (χ4n) is 1.35. The van der Waals surface area contributed by atoms with E-state index in [1.807, 2.05) is 36.4 Å². The van der Waals surface area contributed by atoms with Crippen LogP contribution in [0.4, 0.5) is 17.1 Å². The minimum absolute atomic E-state index is 0.566. The second-order valence-corrected chi connectivity index (χ2v) is 4.88. The number of nitrogens with one attached hydrogen (secondary N) is 1. The van der Waals surface area contributed by atoms with E-state index < -0.39 is 0 Å². The number of hydrogen-bond donors (Lipinski definition) is 2. The predicted octanol–water partition coefficient (Wildman–Crippen LogP) is 4.27. The van der Waals surface area contributed by atoms with Crippen LogP contribution in [0.15, 0.2) is 42.5 Å². The van der Waals surface area contributed by atoms with Crippen LogP contribution in [0, 0.1) is 3.57 Å². The maximum atomic E-state index is 5.95. The van der Waals surface area contributed by atoms with Crippen LogP contribution in [0.5, 0.6) is 0 Å². The van der Waals surface area contributed by atoms with Crippen LogP contribution in [0.2, 0.25) is 5.02 Å². The molecule has 2 aromatic carbocycles. The standard InChI is InChI=1S/C12H10ClIN2/c13-8-4-3-7-11(12(8)15)16-10-6-2-1-5-9(10)14/h1-7,16H,15H2. The van der Waals surface area contributed by atoms with Gasteiger partial charge in [0.2, 0.25) is 0 Å². The zero-order chi connectivity index (χ0) is 11.5. The number of halogens is 2. The molecule has 2 aromatic rings. The number of nitrogens with two attached hydrogens (primary N) is 1. The van der Waals surface area contributed by atoms with Gasteiger partial charge in [-0.05, 0) is 46.9 Å². The van der Waals surface area contributed by atoms with Crippen LogP contribution in [-0.4, -0.2) is 0 Å². The minimum Gasteiger partial charge on any atom is -0.396 e. The van der Waals surface area contributed by atoms with E-state index in [4.69, 9.17) is 17.3 Å². The molecule has 0 aromatic heterocycles. The fraction of sp³-hybridized carbons (Fsp3) is 0. The van der Waals surface area contributed by atoms with E-state index in [0.717, 1.165) is 14.9 Å². The molecule has 2 nitrogen and oxygen atoms in total. The van der Waals surface area contributed by atoms with E-state index in [0.29, 0.717) is 10.7 Å². The van der Waals surface area contributed by atoms with Crippen LogP contribution in [0.1, 0.15) is 0 Å². The highest BCUT2D eigenvalue weighted by Crippen LogP contribution is 2.30. The minimum atomic E-state index is 0.566. The van der Waals surface area contributed by atoms with Crippen molar-refractivity contribution in [1.82, 2.24) is 0 Å². The summed E-state index contributed by atoms with van der Waals surface area (Å²) >= 11 is 8.22. The number of nitrogen functional groups attached to an aromatic ring is 1. The Hall–Kier alpha value is -0.940. The highest BCUT2D eigenvalue weighted by Gasteiger charge is 2.04. The Kier molecular flexibility index (Phi) is 3.56. The smallest absolute Gasteiger partial charge is 0.0742 e. The van der Waals surface area contributed by atoms with Crippen molar-refractivity contribution in [2.45, 2.75) is 0 Å². The van der Waals surface area contributed by atoms with Gasteiger partial charge in [0.05, 0.1) is 22.1 Å². The molecule has 0 aliphatic carbocycles. The Morgan fingerprint density at radius 3 is 2.44 bits per heavy atom. The van der Waals surface area contributed by atoms with Crippen LogP contribution < -0.4 is 11.1 Å². The van der Waals surface area contributed by atoms with Crippen molar-refractivity contribution in [3.63, 3.8) is 0 Å². The fourth-order valence-corrected chi connectivity index (χ4v) is 2.05. The summed E-state index contributed by atoms with van der Waals surface area (Å²) in [6.45, 7) is 0. The highest BCUT2D eigenvalue weighted by molar-refractivity contribution is 14.1. The lowest BCUT2D eigenvalue weighted by molar-refractivity contribution is 1.52. The summed E-state index contributed by atoms with van der Waals surface area (Å²) < 4.78 is 1.14. The summed E-state index contributed by atoms with van der Waals surface area (Å²) in [7, 11) is 0. The molecule has 0 spiro atoms. The van der Waals surface area contributed by atoms with E-state index in [1.165, 1.54) is 0 Å². The Balaban J connectivity index is 2.35. The molecule has 0 saturated heterocycles. The van der Waals surface area contributed by atoms with E-state index in [2.05, 4.69) is 27.9 Å². The molecule has 0 amide bonds. The van der Waals surface area contributed by atoms with Crippen LogP contribution in [0.25, 0.3) is 0 Å². The topological polar surface area (TPSA) is 38.0 Å². The van der Waals surface area contributed by atoms with Gasteiger partial charge >= 0.3 is 0 Å². The monoisotopic (exact) mass is 344 g/mol. The first-order valence-corrected chi connectivity index (χ1v) is 6.19. The van der Waals surface area contributed by atoms with Gasteiger partial charge in [0.25, 0.3) is 0 Å². The molecule has 16 heavy (non-hydrogen) atoms. The Bertz CT molecular complexity index is 514. The third kappa shape index (κ3) is 2.41. The van der Waals surface area contributed by atoms with Gasteiger partial charge in [-0.2, -0.15) is 0 Å². The van der Waals surface area contributed by atoms with Crippen molar-refractivity contribution < 1.29 is 0 Å². The molecule has 0 aliphatic heterocycles. The summed E-state index contributed by atoms with van der Waals surface area (Å²) in [5.74, 6) is 0. The first kappa shape index (κ1) is 11.5. The average molecular weight is 345 g/mol. The van der Waals surface area contributed by atoms with E-state index in [-0.39, 0.29) is 0 Å². The second kappa shape index (κ2) is 4.93. The highest BCUT2D eigenvalue weighted by atomic mass is 127. The van der Waals surface area contributed by atoms with Gasteiger partial charge in [0.1, 0.15) is 0 Å². The Morgan fingerprint density at radius 1 is 1.00 bits per heavy atom. The van der Waals surface area contributed by atoms with Gasteiger partial charge < -0.3 is 11.1 Å². The Morgan fingerprint density at radius 2 is 1.69 bits per heavy atom. The van der Waals surface area contributed by atoms with Crippen LogP contribution in [0.3, 0.4) is 0 Å². The lowest BCUT2D eigenvalue weighted by atomic mass is 10.2. The zero-order valence-corrected chi connectivity index (χ0v) is 11.3. The number of hydrogen-bond acceptors (Lipinski definition) is 2. The predicted molar refractivity (Wildman–Crippen MR) is 78.3 cm³/mol. The van der Waals surface area contributed by atoms with E-state index in [9.17, 15) is 0 Å². The zero-order valence-electron chi connectivity index (χ0n) is 8.37. The first-order chi connectivity index (χ1) is 7.68. The van der Waals surface area contributed by atoms with Gasteiger partial charge in [-0.25, -0.2) is 0 Å². The van der Waals surface area contributed by atoms with Gasteiger partial charge in [-0.3, -0.25) is 0 Å². The quantitative estimate of drug-likeness (QED) is 0.631. The molecular weight excluding hydrogens is 335 g/mol. The molecule has 4 heteroatoms. The molecule has 0 aliphatic rings. The SMILES string of the molecule is Nc1c(Cl)cccc1Nc1ccccc1I. The van der Waals surface area contributed by atoms with Gasteiger partial charge in [0, 0.05) is 3.57 Å². The third-order valence-electron chi connectivity index (χ3n) is 2.20. The molecule has 0 unspecified atom stereocenters. The lowest BCUT2D eigenvalue weighted by Gasteiger charge is -2.11. The molecule has 0 fully saturated rings. The number of para-hydroxylation sites is 2. The lowest BCUT2D eigenvalue weighted by Crippen LogP contribution is -1.97. The summed E-state index contributed by atoms with van der Waals surface area (Å²) in [4.78, 5) is 0. The molecule has 82 valence electrons. The summed E-state index contributed by atoms with van der Waals surface area (Å²) in [6.07, 6.45) is 0. The van der Waals surface area contributed by atoms with Gasteiger partial charge in [0.15, 0.2) is 0 Å². The van der Waals surface area contributed by atoms with Crippen LogP contribution in [-0.2, 0) is 0 Å². The molecule has 3 N–H and O–H groups in total. The molecule has 0 bridgehead atoms. The molecule has 0 atom stereocenters. The van der Waals surface area contributed by atoms with Crippen LogP contribution >= 0.6 is 34.2 Å². The molecule has 0 heterocycles. The van der Waals surface area contributed by atoms with Crippen molar-refractivity contribution in [2.75, 3.05) is 11.1 Å². The van der Waals surface area contributed by atoms with E-state index >= 15 is 0 Å². The van der Waals surface area contributed by atoms with Crippen molar-refractivity contribution in [3.05, 3.63) is 51.1 Å². The van der Waals surface area contributed by atoms with E-state index in [1.54, 1.807) is 6.07 Å². The Labute approximate surface area is 113 Å². The van der Waals surface area contributed by atoms with Gasteiger partial charge in [-0.1, -0.05) is 29.8 Å². The largest absolute Gasteiger partial charge is 0.396 e. The van der Waals surface area contributed by atoms with Gasteiger partial charge in [-0.15, -0.1) is 0 Å². The summed E-state index contributed by atoms with van der Waals surface area (Å²) in [6, 6.07) is 13.6. The second-order valence-electron chi connectivity index (χ2n) is 3.31. The molecular formula is C12H10ClIN2. The normalized spacial score (nSPS) is 10.1. The van der Waals surface area contributed by atoms with Crippen molar-refractivity contribution in [3.8, 4) is 0 Å². The maximum absolute atomic E-state index is 5.95. The van der Waals surface area contributed by atoms with Crippen molar-refractivity contribution >= 4 is 51.3 Å². The van der Waals surface area contributed by atoms with Crippen molar-refractivity contribution in [2.24, 2.45) is 0 Å². The van der Waals surface area contributed by atoms with Crippen molar-refractivity contribution in [1.29, 1.82) is 0 Å². The number of benzene rings is 2. The number of anilines is 3. The number of rotatable bonds is 2. The molecule has 0 saturated carbocycles. The average Bonchev–Trinajstić information content (AvgIpc) is 2.28. The summed E-state index contributed by atoms with van der Waals surface area (Å²) in [5.41, 5.74) is 8.31.